The van der Waals surface area contributed by atoms with Crippen LogP contribution in [0.4, 0.5) is 5.69 Å². The molecule has 0 bridgehead atoms. The van der Waals surface area contributed by atoms with E-state index >= 15 is 0 Å². The molecule has 0 unspecified atom stereocenters. The number of esters is 1. The number of anilines is 1. The number of methoxy groups -OCH3 is 1. The van der Waals surface area contributed by atoms with Gasteiger partial charge in [0.25, 0.3) is 0 Å². The molecule has 0 aromatic heterocycles. The molecule has 1 aliphatic rings. The summed E-state index contributed by atoms with van der Waals surface area (Å²) in [6.07, 6.45) is 2.93. The van der Waals surface area contributed by atoms with E-state index in [0.29, 0.717) is 12.3 Å². The van der Waals surface area contributed by atoms with Gasteiger partial charge in [-0.05, 0) is 37.4 Å². The maximum Gasteiger partial charge on any atom is 0.343 e. The van der Waals surface area contributed by atoms with Gasteiger partial charge in [-0.15, -0.1) is 12.4 Å². The number of halogens is 1. The van der Waals surface area contributed by atoms with Crippen molar-refractivity contribution in [3.63, 3.8) is 0 Å². The second kappa shape index (κ2) is 9.58. The lowest BCUT2D eigenvalue weighted by molar-refractivity contribution is -0.142. The fraction of sp³-hybridized carbons (Fsp3) is 0.400. The van der Waals surface area contributed by atoms with Gasteiger partial charge in [0.1, 0.15) is 5.75 Å². The Bertz CT molecular complexity index is 812. The van der Waals surface area contributed by atoms with Gasteiger partial charge in [-0.2, -0.15) is 0 Å². The first-order chi connectivity index (χ1) is 12.6. The minimum absolute atomic E-state index is 0. The lowest BCUT2D eigenvalue weighted by atomic mass is 9.95. The van der Waals surface area contributed by atoms with Crippen molar-refractivity contribution in [2.75, 3.05) is 25.6 Å². The first-order valence-corrected chi connectivity index (χ1v) is 8.86. The molecule has 27 heavy (non-hydrogen) atoms. The maximum absolute atomic E-state index is 12.7. The molecule has 0 spiro atoms. The highest BCUT2D eigenvalue weighted by molar-refractivity contribution is 6.05. The molecule has 0 saturated heterocycles. The smallest absolute Gasteiger partial charge is 0.343 e. The highest BCUT2D eigenvalue weighted by Crippen LogP contribution is 2.35. The molecule has 3 rings (SSSR count). The topological polar surface area (TPSA) is 90.6 Å². The van der Waals surface area contributed by atoms with Crippen molar-refractivity contribution in [1.29, 1.82) is 0 Å². The van der Waals surface area contributed by atoms with Crippen molar-refractivity contribution in [2.24, 2.45) is 17.6 Å². The van der Waals surface area contributed by atoms with Gasteiger partial charge in [-0.3, -0.25) is 4.79 Å². The molecule has 2 aromatic carbocycles. The second-order valence-electron chi connectivity index (χ2n) is 6.54. The lowest BCUT2D eigenvalue weighted by Gasteiger charge is -2.19. The molecule has 3 N–H and O–H groups in total. The van der Waals surface area contributed by atoms with Crippen LogP contribution in [0.5, 0.6) is 5.75 Å². The van der Waals surface area contributed by atoms with Gasteiger partial charge in [-0.1, -0.05) is 30.7 Å². The summed E-state index contributed by atoms with van der Waals surface area (Å²) in [6, 6.07) is 11.2. The zero-order valence-electron chi connectivity index (χ0n) is 15.3. The van der Waals surface area contributed by atoms with Crippen LogP contribution in [0.1, 0.15) is 19.3 Å². The van der Waals surface area contributed by atoms with Gasteiger partial charge in [0.05, 0.1) is 7.11 Å². The molecule has 2 atom stereocenters. The summed E-state index contributed by atoms with van der Waals surface area (Å²) in [5.41, 5.74) is 6.54. The van der Waals surface area contributed by atoms with Crippen LogP contribution in [-0.4, -0.2) is 32.1 Å². The van der Waals surface area contributed by atoms with Crippen molar-refractivity contribution >= 4 is 40.7 Å². The number of carbonyl (C=O) groups excluding carboxylic acids is 2. The SMILES string of the molecule is COC(=O)COc1ccc(NC(=O)[C@@H]2CCC[C@@H]2CN)c2ccccc12.Cl. The summed E-state index contributed by atoms with van der Waals surface area (Å²) in [6.45, 7) is 0.381. The molecule has 2 aromatic rings. The van der Waals surface area contributed by atoms with Crippen LogP contribution in [0.3, 0.4) is 0 Å². The number of rotatable bonds is 6. The normalized spacial score (nSPS) is 18.6. The zero-order valence-corrected chi connectivity index (χ0v) is 16.1. The number of fused-ring (bicyclic) bond motifs is 1. The summed E-state index contributed by atoms with van der Waals surface area (Å²) in [4.78, 5) is 24.0. The van der Waals surface area contributed by atoms with Gasteiger partial charge in [-0.25, -0.2) is 4.79 Å². The third-order valence-electron chi connectivity index (χ3n) is 5.01. The number of carbonyl (C=O) groups is 2. The molecule has 146 valence electrons. The average Bonchev–Trinajstić information content (AvgIpc) is 3.16. The predicted octanol–water partition coefficient (Wildman–Crippen LogP) is 3.13. The van der Waals surface area contributed by atoms with Gasteiger partial charge < -0.3 is 20.5 Å². The molecule has 0 aliphatic heterocycles. The monoisotopic (exact) mass is 392 g/mol. The largest absolute Gasteiger partial charge is 0.481 e. The molecule has 1 saturated carbocycles. The maximum atomic E-state index is 12.7. The number of ether oxygens (including phenoxy) is 2. The third kappa shape index (κ3) is 4.70. The van der Waals surface area contributed by atoms with Crippen LogP contribution in [0.25, 0.3) is 10.8 Å². The fourth-order valence-corrected chi connectivity index (χ4v) is 3.59. The number of hydrogen-bond donors (Lipinski definition) is 2. The van der Waals surface area contributed by atoms with E-state index in [9.17, 15) is 9.59 Å². The van der Waals surface area contributed by atoms with E-state index in [1.807, 2.05) is 24.3 Å². The van der Waals surface area contributed by atoms with Gasteiger partial charge in [0.15, 0.2) is 6.61 Å². The van der Waals surface area contributed by atoms with Crippen molar-refractivity contribution in [3.05, 3.63) is 36.4 Å². The van der Waals surface area contributed by atoms with Gasteiger partial charge in [0.2, 0.25) is 5.91 Å². The minimum Gasteiger partial charge on any atom is -0.481 e. The molecule has 7 heteroatoms. The molecular weight excluding hydrogens is 368 g/mol. The lowest BCUT2D eigenvalue weighted by Crippen LogP contribution is -2.29. The number of amides is 1. The third-order valence-corrected chi connectivity index (χ3v) is 5.01. The van der Waals surface area contributed by atoms with Crippen molar-refractivity contribution in [2.45, 2.75) is 19.3 Å². The summed E-state index contributed by atoms with van der Waals surface area (Å²) in [5, 5.41) is 4.75. The van der Waals surface area contributed by atoms with Gasteiger partial charge in [0, 0.05) is 22.4 Å². The van der Waals surface area contributed by atoms with Crippen molar-refractivity contribution in [3.8, 4) is 5.75 Å². The fourth-order valence-electron chi connectivity index (χ4n) is 3.59. The second-order valence-corrected chi connectivity index (χ2v) is 6.54. The predicted molar refractivity (Wildman–Crippen MR) is 107 cm³/mol. The molecule has 6 nitrogen and oxygen atoms in total. The van der Waals surface area contributed by atoms with E-state index in [-0.39, 0.29) is 36.8 Å². The standard InChI is InChI=1S/C20H24N2O4.ClH/c1-25-19(23)12-26-18-10-9-17(15-6-2-3-7-16(15)18)22-20(24)14-8-4-5-13(14)11-21;/h2-3,6-7,9-10,13-14H,4-5,8,11-12,21H2,1H3,(H,22,24);1H/t13-,14-;/m1./s1. The summed E-state index contributed by atoms with van der Waals surface area (Å²) in [5.74, 6) is 0.370. The van der Waals surface area contributed by atoms with Crippen LogP contribution in [0.2, 0.25) is 0 Å². The van der Waals surface area contributed by atoms with E-state index in [1.54, 1.807) is 12.1 Å². The van der Waals surface area contributed by atoms with E-state index in [1.165, 1.54) is 7.11 Å². The summed E-state index contributed by atoms with van der Waals surface area (Å²) in [7, 11) is 1.32. The highest BCUT2D eigenvalue weighted by Gasteiger charge is 2.32. The Morgan fingerprint density at radius 3 is 2.59 bits per heavy atom. The molecule has 1 fully saturated rings. The number of hydrogen-bond acceptors (Lipinski definition) is 5. The molecule has 0 radical (unpaired) electrons. The Kier molecular flexibility index (Phi) is 7.45. The Hall–Kier alpha value is -2.31. The van der Waals surface area contributed by atoms with E-state index < -0.39 is 5.97 Å². The van der Waals surface area contributed by atoms with Crippen LogP contribution < -0.4 is 15.8 Å². The quantitative estimate of drug-likeness (QED) is 0.737. The Morgan fingerprint density at radius 2 is 1.89 bits per heavy atom. The molecule has 1 amide bonds. The number of nitrogens with two attached hydrogens (primary N) is 1. The summed E-state index contributed by atoms with van der Waals surface area (Å²) >= 11 is 0. The van der Waals surface area contributed by atoms with E-state index in [4.69, 9.17) is 10.5 Å². The minimum atomic E-state index is -0.444. The van der Waals surface area contributed by atoms with E-state index in [2.05, 4.69) is 10.1 Å². The Balaban J connectivity index is 0.00000261. The van der Waals surface area contributed by atoms with Crippen LogP contribution in [0, 0.1) is 11.8 Å². The van der Waals surface area contributed by atoms with Crippen molar-refractivity contribution in [1.82, 2.24) is 0 Å². The first kappa shape index (κ1) is 21.0. The van der Waals surface area contributed by atoms with Crippen LogP contribution in [0.15, 0.2) is 36.4 Å². The summed E-state index contributed by atoms with van der Waals surface area (Å²) < 4.78 is 10.2. The Morgan fingerprint density at radius 1 is 1.15 bits per heavy atom. The average molecular weight is 393 g/mol. The molecule has 0 heterocycles. The van der Waals surface area contributed by atoms with Crippen LogP contribution in [-0.2, 0) is 14.3 Å². The first-order valence-electron chi connectivity index (χ1n) is 8.86. The number of nitrogens with one attached hydrogen (secondary N) is 1. The molecular formula is C20H25ClN2O4. The van der Waals surface area contributed by atoms with Crippen molar-refractivity contribution < 1.29 is 19.1 Å². The number of benzene rings is 2. The zero-order chi connectivity index (χ0) is 18.5. The van der Waals surface area contributed by atoms with Gasteiger partial charge >= 0.3 is 5.97 Å². The highest BCUT2D eigenvalue weighted by atomic mass is 35.5. The van der Waals surface area contributed by atoms with E-state index in [0.717, 1.165) is 35.7 Å². The Labute approximate surface area is 164 Å². The van der Waals surface area contributed by atoms with Crippen LogP contribution >= 0.6 is 12.4 Å². The molecule has 1 aliphatic carbocycles.